The van der Waals surface area contributed by atoms with Gasteiger partial charge in [0, 0.05) is 66.2 Å². The van der Waals surface area contributed by atoms with Crippen LogP contribution in [0.4, 0.5) is 0 Å². The van der Waals surface area contributed by atoms with Crippen LogP contribution in [-0.2, 0) is 29.6 Å². The van der Waals surface area contributed by atoms with Crippen molar-refractivity contribution in [1.82, 2.24) is 14.1 Å². The highest BCUT2D eigenvalue weighted by atomic mass is 16.4. The topological polar surface area (TPSA) is 114 Å². The molecule has 1 aromatic carbocycles. The number of fused-ring (bicyclic) bond motifs is 3. The maximum atomic E-state index is 13.0. The molecule has 3 aromatic rings. The highest BCUT2D eigenvalue weighted by Crippen LogP contribution is 2.34. The Morgan fingerprint density at radius 3 is 2.47 bits per heavy atom. The number of benzene rings is 1. The molecule has 0 amide bonds. The van der Waals surface area contributed by atoms with Gasteiger partial charge in [-0.05, 0) is 25.8 Å². The lowest BCUT2D eigenvalue weighted by molar-refractivity contribution is -0.134. The summed E-state index contributed by atoms with van der Waals surface area (Å²) < 4.78 is 4.26. The van der Waals surface area contributed by atoms with Gasteiger partial charge in [-0.3, -0.25) is 4.79 Å². The van der Waals surface area contributed by atoms with Crippen molar-refractivity contribution in [2.75, 3.05) is 0 Å². The van der Waals surface area contributed by atoms with Gasteiger partial charge in [-0.2, -0.15) is 0 Å². The lowest BCUT2D eigenvalue weighted by Crippen LogP contribution is -2.27. The summed E-state index contributed by atoms with van der Waals surface area (Å²) in [6, 6.07) is 8.21. The number of carbonyl (C=O) groups is 3. The van der Waals surface area contributed by atoms with Crippen LogP contribution >= 0.6 is 0 Å². The van der Waals surface area contributed by atoms with E-state index in [2.05, 4.69) is 33.3 Å². The lowest BCUT2D eigenvalue weighted by Gasteiger charge is -2.23. The summed E-state index contributed by atoms with van der Waals surface area (Å²) in [5.74, 6) is -1.21. The SMILES string of the molecule is Cc1nccn1CC1CCc2c(c3ccccc3n2C)C1=O.O=C(O)C=CC(=O)O. The molecule has 2 N–H and O–H groups in total. The van der Waals surface area contributed by atoms with Crippen LogP contribution in [0.2, 0.25) is 0 Å². The molecule has 1 atom stereocenters. The molecule has 1 aliphatic carbocycles. The van der Waals surface area contributed by atoms with Crippen LogP contribution in [0.3, 0.4) is 0 Å². The van der Waals surface area contributed by atoms with E-state index in [1.165, 1.54) is 5.69 Å². The molecule has 30 heavy (non-hydrogen) atoms. The van der Waals surface area contributed by atoms with Crippen molar-refractivity contribution in [1.29, 1.82) is 0 Å². The average Bonchev–Trinajstić information content (AvgIpc) is 3.24. The number of hydrogen-bond donors (Lipinski definition) is 2. The van der Waals surface area contributed by atoms with E-state index in [-0.39, 0.29) is 11.7 Å². The Bertz CT molecular complexity index is 1120. The Balaban J connectivity index is 0.000000275. The summed E-state index contributed by atoms with van der Waals surface area (Å²) in [5.41, 5.74) is 3.28. The number of aromatic nitrogens is 3. The Morgan fingerprint density at radius 1 is 1.20 bits per heavy atom. The predicted molar refractivity (Wildman–Crippen MR) is 110 cm³/mol. The second kappa shape index (κ2) is 8.77. The van der Waals surface area contributed by atoms with Gasteiger partial charge >= 0.3 is 11.9 Å². The number of carboxylic acids is 2. The standard InChI is InChI=1S/C18H19N3O.C4H4O4/c1-12-19-9-10-21(12)11-13-7-8-16-17(18(13)22)14-5-3-4-6-15(14)20(16)2;5-3(6)1-2-4(7)8/h3-6,9-10,13H,7-8,11H2,1-2H3;1-2H,(H,5,6)(H,7,8). The van der Waals surface area contributed by atoms with Crippen LogP contribution in [0.5, 0.6) is 0 Å². The minimum atomic E-state index is -1.26. The summed E-state index contributed by atoms with van der Waals surface area (Å²) >= 11 is 0. The highest BCUT2D eigenvalue weighted by Gasteiger charge is 2.32. The normalized spacial score (nSPS) is 15.7. The van der Waals surface area contributed by atoms with Crippen molar-refractivity contribution in [3.63, 3.8) is 0 Å². The summed E-state index contributed by atoms with van der Waals surface area (Å²) in [7, 11) is 2.06. The third-order valence-corrected chi connectivity index (χ3v) is 5.28. The van der Waals surface area contributed by atoms with Crippen molar-refractivity contribution in [2.24, 2.45) is 13.0 Å². The molecule has 1 unspecified atom stereocenters. The second-order valence-electron chi connectivity index (χ2n) is 7.13. The fourth-order valence-corrected chi connectivity index (χ4v) is 3.81. The molecular formula is C22H23N3O5. The van der Waals surface area contributed by atoms with Gasteiger partial charge in [-0.25, -0.2) is 14.6 Å². The number of aliphatic carboxylic acids is 2. The molecule has 0 fully saturated rings. The molecule has 156 valence electrons. The molecule has 0 aliphatic heterocycles. The van der Waals surface area contributed by atoms with Gasteiger partial charge < -0.3 is 19.3 Å². The number of nitrogens with zero attached hydrogens (tertiary/aromatic N) is 3. The largest absolute Gasteiger partial charge is 0.478 e. The van der Waals surface area contributed by atoms with Gasteiger partial charge in [0.15, 0.2) is 5.78 Å². The van der Waals surface area contributed by atoms with Gasteiger partial charge in [0.2, 0.25) is 0 Å². The molecular weight excluding hydrogens is 386 g/mol. The first-order valence-corrected chi connectivity index (χ1v) is 9.51. The Kier molecular flexibility index (Phi) is 6.15. The van der Waals surface area contributed by atoms with Crippen molar-refractivity contribution < 1.29 is 24.6 Å². The van der Waals surface area contributed by atoms with E-state index >= 15 is 0 Å². The number of rotatable bonds is 4. The fraction of sp³-hybridized carbons (Fsp3) is 0.273. The maximum absolute atomic E-state index is 13.0. The van der Waals surface area contributed by atoms with Crippen molar-refractivity contribution >= 4 is 28.6 Å². The predicted octanol–water partition coefficient (Wildman–Crippen LogP) is 2.84. The summed E-state index contributed by atoms with van der Waals surface area (Å²) in [5, 5.41) is 16.7. The van der Waals surface area contributed by atoms with E-state index in [0.29, 0.717) is 12.2 Å². The number of imidazole rings is 1. The molecule has 0 spiro atoms. The molecule has 4 rings (SSSR count). The quantitative estimate of drug-likeness (QED) is 0.641. The van der Waals surface area contributed by atoms with Crippen LogP contribution in [0, 0.1) is 12.8 Å². The summed E-state index contributed by atoms with van der Waals surface area (Å²) in [4.78, 5) is 36.4. The smallest absolute Gasteiger partial charge is 0.328 e. The summed E-state index contributed by atoms with van der Waals surface area (Å²) in [6.45, 7) is 2.71. The third kappa shape index (κ3) is 4.32. The second-order valence-corrected chi connectivity index (χ2v) is 7.13. The lowest BCUT2D eigenvalue weighted by atomic mass is 9.85. The van der Waals surface area contributed by atoms with E-state index in [1.54, 1.807) is 6.20 Å². The minimum absolute atomic E-state index is 0.0474. The molecule has 2 aromatic heterocycles. The first-order valence-electron chi connectivity index (χ1n) is 9.51. The van der Waals surface area contributed by atoms with Crippen LogP contribution < -0.4 is 0 Å². The van der Waals surface area contributed by atoms with Gasteiger partial charge in [-0.1, -0.05) is 18.2 Å². The monoisotopic (exact) mass is 409 g/mol. The van der Waals surface area contributed by atoms with E-state index in [9.17, 15) is 14.4 Å². The van der Waals surface area contributed by atoms with Crippen LogP contribution in [0.25, 0.3) is 10.9 Å². The zero-order valence-corrected chi connectivity index (χ0v) is 16.8. The fourth-order valence-electron chi connectivity index (χ4n) is 3.81. The molecule has 8 heteroatoms. The zero-order chi connectivity index (χ0) is 21.8. The number of Topliss-reactive ketones (excluding diaryl/α,β-unsaturated/α-hetero) is 1. The Labute approximate surface area is 173 Å². The van der Waals surface area contributed by atoms with Gasteiger partial charge in [0.05, 0.1) is 0 Å². The van der Waals surface area contributed by atoms with Crippen molar-refractivity contribution in [2.45, 2.75) is 26.3 Å². The third-order valence-electron chi connectivity index (χ3n) is 5.28. The number of ketones is 1. The maximum Gasteiger partial charge on any atom is 0.328 e. The molecule has 0 saturated heterocycles. The molecule has 0 bridgehead atoms. The van der Waals surface area contributed by atoms with E-state index in [0.717, 1.165) is 41.7 Å². The number of carboxylic acid groups (broad SMARTS) is 2. The highest BCUT2D eigenvalue weighted by molar-refractivity contribution is 6.11. The molecule has 1 aliphatic rings. The van der Waals surface area contributed by atoms with Crippen molar-refractivity contribution in [3.8, 4) is 0 Å². The Hall–Kier alpha value is -3.68. The number of hydrogen-bond acceptors (Lipinski definition) is 4. The first kappa shape index (κ1) is 21.0. The molecule has 0 radical (unpaired) electrons. The number of carbonyl (C=O) groups excluding carboxylic acids is 1. The van der Waals surface area contributed by atoms with Gasteiger partial charge in [0.25, 0.3) is 0 Å². The van der Waals surface area contributed by atoms with Crippen LogP contribution in [0.15, 0.2) is 48.8 Å². The first-order chi connectivity index (χ1) is 14.3. The number of para-hydroxylation sites is 1. The summed E-state index contributed by atoms with van der Waals surface area (Å²) in [6.07, 6.45) is 6.75. The van der Waals surface area contributed by atoms with Crippen molar-refractivity contribution in [3.05, 3.63) is 65.9 Å². The number of aryl methyl sites for hydroxylation is 2. The van der Waals surface area contributed by atoms with Crippen LogP contribution in [-0.4, -0.2) is 42.1 Å². The van der Waals surface area contributed by atoms with Crippen LogP contribution in [0.1, 0.15) is 28.3 Å². The zero-order valence-electron chi connectivity index (χ0n) is 16.8. The van der Waals surface area contributed by atoms with E-state index in [4.69, 9.17) is 10.2 Å². The Morgan fingerprint density at radius 2 is 1.87 bits per heavy atom. The molecule has 0 saturated carbocycles. The van der Waals surface area contributed by atoms with E-state index in [1.807, 2.05) is 25.3 Å². The average molecular weight is 409 g/mol. The molecule has 8 nitrogen and oxygen atoms in total. The van der Waals surface area contributed by atoms with E-state index < -0.39 is 11.9 Å². The minimum Gasteiger partial charge on any atom is -0.478 e. The van der Waals surface area contributed by atoms with Gasteiger partial charge in [0.1, 0.15) is 5.82 Å². The molecule has 2 heterocycles. The van der Waals surface area contributed by atoms with Gasteiger partial charge in [-0.15, -0.1) is 0 Å².